The van der Waals surface area contributed by atoms with Crippen LogP contribution in [0.2, 0.25) is 10.0 Å². The number of hydrogen-bond acceptors (Lipinski definition) is 2. The van der Waals surface area contributed by atoms with Gasteiger partial charge in [0.1, 0.15) is 6.54 Å². The zero-order valence-electron chi connectivity index (χ0n) is 11.3. The van der Waals surface area contributed by atoms with Gasteiger partial charge in [0.25, 0.3) is 5.91 Å². The van der Waals surface area contributed by atoms with Gasteiger partial charge in [0.15, 0.2) is 0 Å². The van der Waals surface area contributed by atoms with E-state index in [1.165, 1.54) is 12.1 Å². The second kappa shape index (κ2) is 7.22. The summed E-state index contributed by atoms with van der Waals surface area (Å²) in [5, 5.41) is 0.0709. The van der Waals surface area contributed by atoms with E-state index in [-0.39, 0.29) is 27.8 Å². The standard InChI is InChI=1S/C13H15Cl2F3N2O/c1-2-3-4-20(7-13(16,17)18)12(21)8-5-9(14)11(19)10(15)6-8/h5-6H,2-4,7,19H2,1H3. The molecule has 21 heavy (non-hydrogen) atoms. The Kier molecular flexibility index (Phi) is 6.16. The molecule has 0 fully saturated rings. The van der Waals surface area contributed by atoms with Crippen LogP contribution in [-0.4, -0.2) is 30.1 Å². The highest BCUT2D eigenvalue weighted by molar-refractivity contribution is 6.39. The summed E-state index contributed by atoms with van der Waals surface area (Å²) in [4.78, 5) is 12.9. The maximum absolute atomic E-state index is 12.6. The number of nitrogens with two attached hydrogens (primary N) is 1. The van der Waals surface area contributed by atoms with Gasteiger partial charge in [-0.3, -0.25) is 4.79 Å². The summed E-state index contributed by atoms with van der Waals surface area (Å²) < 4.78 is 37.7. The number of carbonyl (C=O) groups is 1. The van der Waals surface area contributed by atoms with Crippen molar-refractivity contribution < 1.29 is 18.0 Å². The van der Waals surface area contributed by atoms with E-state index in [4.69, 9.17) is 28.9 Å². The van der Waals surface area contributed by atoms with Crippen molar-refractivity contribution >= 4 is 34.8 Å². The van der Waals surface area contributed by atoms with Gasteiger partial charge < -0.3 is 10.6 Å². The molecule has 1 aromatic carbocycles. The Bertz CT molecular complexity index is 498. The van der Waals surface area contributed by atoms with E-state index < -0.39 is 18.6 Å². The third-order valence-electron chi connectivity index (χ3n) is 2.76. The van der Waals surface area contributed by atoms with Crippen LogP contribution >= 0.6 is 23.2 Å². The fourth-order valence-corrected chi connectivity index (χ4v) is 2.20. The quantitative estimate of drug-likeness (QED) is 0.807. The zero-order chi connectivity index (χ0) is 16.2. The Labute approximate surface area is 130 Å². The van der Waals surface area contributed by atoms with Crippen LogP contribution in [0.5, 0.6) is 0 Å². The number of hydrogen-bond donors (Lipinski definition) is 1. The summed E-state index contributed by atoms with van der Waals surface area (Å²) in [6.45, 7) is 0.521. The number of anilines is 1. The van der Waals surface area contributed by atoms with Gasteiger partial charge >= 0.3 is 6.18 Å². The van der Waals surface area contributed by atoms with Gasteiger partial charge in [-0.2, -0.15) is 13.2 Å². The average Bonchev–Trinajstić information content (AvgIpc) is 2.38. The normalized spacial score (nSPS) is 11.5. The van der Waals surface area contributed by atoms with E-state index in [1.807, 2.05) is 6.92 Å². The van der Waals surface area contributed by atoms with Crippen LogP contribution in [0.25, 0.3) is 0 Å². The molecule has 118 valence electrons. The van der Waals surface area contributed by atoms with Crippen LogP contribution in [0.3, 0.4) is 0 Å². The number of benzene rings is 1. The van der Waals surface area contributed by atoms with Gasteiger partial charge in [-0.05, 0) is 18.6 Å². The molecule has 1 aromatic rings. The van der Waals surface area contributed by atoms with Crippen LogP contribution in [0.15, 0.2) is 12.1 Å². The molecule has 0 heterocycles. The Morgan fingerprint density at radius 2 is 1.81 bits per heavy atom. The van der Waals surface area contributed by atoms with E-state index in [9.17, 15) is 18.0 Å². The second-order valence-corrected chi connectivity index (χ2v) is 5.36. The molecular weight excluding hydrogens is 328 g/mol. The molecule has 3 nitrogen and oxygen atoms in total. The third kappa shape index (κ3) is 5.28. The number of amides is 1. The number of carbonyl (C=O) groups excluding carboxylic acids is 1. The zero-order valence-corrected chi connectivity index (χ0v) is 12.8. The van der Waals surface area contributed by atoms with Crippen molar-refractivity contribution in [2.45, 2.75) is 25.9 Å². The number of rotatable bonds is 5. The predicted molar refractivity (Wildman–Crippen MR) is 77.7 cm³/mol. The molecule has 1 rings (SSSR count). The molecule has 0 aliphatic carbocycles. The van der Waals surface area contributed by atoms with Gasteiger partial charge in [-0.1, -0.05) is 36.5 Å². The van der Waals surface area contributed by atoms with Crippen LogP contribution < -0.4 is 5.73 Å². The van der Waals surface area contributed by atoms with Gasteiger partial charge in [-0.25, -0.2) is 0 Å². The Hall–Kier alpha value is -1.14. The third-order valence-corrected chi connectivity index (χ3v) is 3.39. The minimum absolute atomic E-state index is 0.00839. The number of unbranched alkanes of at least 4 members (excludes halogenated alkanes) is 1. The number of alkyl halides is 3. The maximum atomic E-state index is 12.6. The molecule has 0 unspecified atom stereocenters. The van der Waals surface area contributed by atoms with E-state index >= 15 is 0 Å². The summed E-state index contributed by atoms with van der Waals surface area (Å²) in [6.07, 6.45) is -3.33. The topological polar surface area (TPSA) is 46.3 Å². The summed E-state index contributed by atoms with van der Waals surface area (Å²) in [5.41, 5.74) is 5.61. The molecule has 1 amide bonds. The van der Waals surface area contributed by atoms with Crippen molar-refractivity contribution in [2.75, 3.05) is 18.8 Å². The lowest BCUT2D eigenvalue weighted by Gasteiger charge is -2.24. The van der Waals surface area contributed by atoms with Crippen molar-refractivity contribution in [3.63, 3.8) is 0 Å². The number of halogens is 5. The molecule has 2 N–H and O–H groups in total. The largest absolute Gasteiger partial charge is 0.406 e. The minimum Gasteiger partial charge on any atom is -0.396 e. The lowest BCUT2D eigenvalue weighted by molar-refractivity contribution is -0.140. The molecule has 0 aliphatic rings. The highest BCUT2D eigenvalue weighted by Crippen LogP contribution is 2.30. The van der Waals surface area contributed by atoms with Crippen molar-refractivity contribution in [2.24, 2.45) is 0 Å². The van der Waals surface area contributed by atoms with Crippen molar-refractivity contribution in [1.82, 2.24) is 4.90 Å². The summed E-state index contributed by atoms with van der Waals surface area (Å²) >= 11 is 11.6. The van der Waals surface area contributed by atoms with Gasteiger partial charge in [0, 0.05) is 12.1 Å². The van der Waals surface area contributed by atoms with Crippen LogP contribution in [0.4, 0.5) is 18.9 Å². The Balaban J connectivity index is 3.04. The van der Waals surface area contributed by atoms with E-state index in [0.717, 1.165) is 4.90 Å². The molecule has 0 spiro atoms. The predicted octanol–water partition coefficient (Wildman–Crippen LogP) is 4.38. The minimum atomic E-state index is -4.47. The Morgan fingerprint density at radius 1 is 1.29 bits per heavy atom. The number of nitrogen functional groups attached to an aromatic ring is 1. The second-order valence-electron chi connectivity index (χ2n) is 4.55. The first-order valence-electron chi connectivity index (χ1n) is 6.26. The van der Waals surface area contributed by atoms with Gasteiger partial charge in [0.2, 0.25) is 0 Å². The smallest absolute Gasteiger partial charge is 0.396 e. The molecule has 0 saturated carbocycles. The van der Waals surface area contributed by atoms with E-state index in [2.05, 4.69) is 0 Å². The van der Waals surface area contributed by atoms with E-state index in [0.29, 0.717) is 12.8 Å². The average molecular weight is 343 g/mol. The molecule has 8 heteroatoms. The molecule has 0 atom stereocenters. The Morgan fingerprint density at radius 3 is 2.24 bits per heavy atom. The molecule has 0 saturated heterocycles. The molecule has 0 aliphatic heterocycles. The highest BCUT2D eigenvalue weighted by atomic mass is 35.5. The fraction of sp³-hybridized carbons (Fsp3) is 0.462. The first kappa shape index (κ1) is 17.9. The molecule has 0 bridgehead atoms. The summed E-state index contributed by atoms with van der Waals surface area (Å²) in [5.74, 6) is -0.774. The molecular formula is C13H15Cl2F3N2O. The van der Waals surface area contributed by atoms with Crippen LogP contribution in [-0.2, 0) is 0 Å². The van der Waals surface area contributed by atoms with Crippen molar-refractivity contribution in [1.29, 1.82) is 0 Å². The van der Waals surface area contributed by atoms with Gasteiger partial charge in [-0.15, -0.1) is 0 Å². The van der Waals surface area contributed by atoms with Gasteiger partial charge in [0.05, 0.1) is 15.7 Å². The lowest BCUT2D eigenvalue weighted by atomic mass is 10.1. The number of nitrogens with zero attached hydrogens (tertiary/aromatic N) is 1. The van der Waals surface area contributed by atoms with Crippen LogP contribution in [0.1, 0.15) is 30.1 Å². The maximum Gasteiger partial charge on any atom is 0.406 e. The monoisotopic (exact) mass is 342 g/mol. The van der Waals surface area contributed by atoms with E-state index in [1.54, 1.807) is 0 Å². The lowest BCUT2D eigenvalue weighted by Crippen LogP contribution is -2.39. The van der Waals surface area contributed by atoms with Crippen LogP contribution in [0, 0.1) is 0 Å². The first-order valence-corrected chi connectivity index (χ1v) is 7.02. The molecule has 0 aromatic heterocycles. The summed E-state index contributed by atoms with van der Waals surface area (Å²) in [7, 11) is 0. The SMILES string of the molecule is CCCCN(CC(F)(F)F)C(=O)c1cc(Cl)c(N)c(Cl)c1. The summed E-state index contributed by atoms with van der Waals surface area (Å²) in [6, 6.07) is 2.45. The molecule has 0 radical (unpaired) electrons. The fourth-order valence-electron chi connectivity index (χ4n) is 1.71. The first-order chi connectivity index (χ1) is 9.65. The van der Waals surface area contributed by atoms with Crippen molar-refractivity contribution in [3.05, 3.63) is 27.7 Å². The van der Waals surface area contributed by atoms with Crippen molar-refractivity contribution in [3.8, 4) is 0 Å². The highest BCUT2D eigenvalue weighted by Gasteiger charge is 2.33.